The second kappa shape index (κ2) is 8.95. The van der Waals surface area contributed by atoms with Crippen molar-refractivity contribution in [2.24, 2.45) is 5.73 Å². The van der Waals surface area contributed by atoms with Crippen molar-refractivity contribution in [1.29, 1.82) is 0 Å². The summed E-state index contributed by atoms with van der Waals surface area (Å²) in [5, 5.41) is 2.78. The number of carbonyl (C=O) groups excluding carboxylic acids is 1. The van der Waals surface area contributed by atoms with Gasteiger partial charge in [-0.3, -0.25) is 4.79 Å². The largest absolute Gasteiger partial charge is 0.372 e. The van der Waals surface area contributed by atoms with Crippen molar-refractivity contribution < 1.29 is 9.53 Å². The molecule has 1 aromatic rings. The zero-order valence-corrected chi connectivity index (χ0v) is 13.4. The fourth-order valence-electron chi connectivity index (χ4n) is 1.71. The van der Waals surface area contributed by atoms with Crippen LogP contribution in [-0.2, 0) is 9.53 Å². The Morgan fingerprint density at radius 1 is 1.20 bits per heavy atom. The molecule has 0 bridgehead atoms. The van der Waals surface area contributed by atoms with Crippen molar-refractivity contribution in [3.8, 4) is 0 Å². The van der Waals surface area contributed by atoms with Crippen LogP contribution in [0, 0.1) is 0 Å². The molecule has 1 amide bonds. The maximum Gasteiger partial charge on any atom is 0.248 e. The van der Waals surface area contributed by atoms with E-state index in [2.05, 4.69) is 31.3 Å². The molecule has 0 spiro atoms. The molecule has 0 heterocycles. The molecule has 0 aromatic heterocycles. The first kappa shape index (κ1) is 18.9. The van der Waals surface area contributed by atoms with Crippen molar-refractivity contribution >= 4 is 18.3 Å². The summed E-state index contributed by atoms with van der Waals surface area (Å²) in [6, 6.07) is 8.01. The van der Waals surface area contributed by atoms with Crippen LogP contribution in [0.3, 0.4) is 0 Å². The second-order valence-electron chi connectivity index (χ2n) is 5.05. The van der Waals surface area contributed by atoms with Crippen LogP contribution in [0.5, 0.6) is 0 Å². The molecule has 5 heteroatoms. The molecule has 0 saturated carbocycles. The predicted octanol–water partition coefficient (Wildman–Crippen LogP) is 2.38. The number of hydrogen-bond donors (Lipinski definition) is 2. The number of nitrogens with two attached hydrogens (primary N) is 1. The first-order valence-electron chi connectivity index (χ1n) is 6.61. The smallest absolute Gasteiger partial charge is 0.248 e. The van der Waals surface area contributed by atoms with E-state index in [1.807, 2.05) is 12.1 Å². The van der Waals surface area contributed by atoms with Gasteiger partial charge in [-0.05, 0) is 24.0 Å². The van der Waals surface area contributed by atoms with Crippen LogP contribution in [0.2, 0.25) is 0 Å². The van der Waals surface area contributed by atoms with Crippen molar-refractivity contribution in [3.63, 3.8) is 0 Å². The van der Waals surface area contributed by atoms with Gasteiger partial charge in [-0.1, -0.05) is 38.1 Å². The van der Waals surface area contributed by atoms with Crippen LogP contribution in [0.4, 0.5) is 0 Å². The van der Waals surface area contributed by atoms with E-state index >= 15 is 0 Å². The number of amides is 1. The molecule has 0 aliphatic carbocycles. The first-order valence-corrected chi connectivity index (χ1v) is 6.61. The minimum atomic E-state index is -0.449. The van der Waals surface area contributed by atoms with E-state index in [0.29, 0.717) is 12.5 Å². The lowest BCUT2D eigenvalue weighted by atomic mass is 9.99. The molecule has 0 fully saturated rings. The molecule has 4 nitrogen and oxygen atoms in total. The Kier molecular flexibility index (Phi) is 8.46. The van der Waals surface area contributed by atoms with Gasteiger partial charge >= 0.3 is 0 Å². The number of ether oxygens (including phenoxy) is 1. The van der Waals surface area contributed by atoms with Gasteiger partial charge in [0.2, 0.25) is 5.91 Å². The maximum absolute atomic E-state index is 11.6. The Bertz CT molecular complexity index is 407. The van der Waals surface area contributed by atoms with Crippen LogP contribution in [0.25, 0.3) is 0 Å². The van der Waals surface area contributed by atoms with E-state index in [1.165, 1.54) is 12.7 Å². The summed E-state index contributed by atoms with van der Waals surface area (Å²) in [5.41, 5.74) is 8.36. The van der Waals surface area contributed by atoms with Gasteiger partial charge in [0, 0.05) is 19.7 Å². The van der Waals surface area contributed by atoms with Crippen LogP contribution >= 0.6 is 12.4 Å². The van der Waals surface area contributed by atoms with Crippen molar-refractivity contribution in [3.05, 3.63) is 35.4 Å². The summed E-state index contributed by atoms with van der Waals surface area (Å²) in [6.07, 6.45) is -0.449. The third-order valence-electron chi connectivity index (χ3n) is 3.25. The van der Waals surface area contributed by atoms with Gasteiger partial charge in [0.1, 0.15) is 6.10 Å². The highest BCUT2D eigenvalue weighted by atomic mass is 35.5. The number of methoxy groups -OCH3 is 1. The molecule has 1 rings (SSSR count). The van der Waals surface area contributed by atoms with Gasteiger partial charge in [-0.2, -0.15) is 0 Å². The number of nitrogens with one attached hydrogen (secondary N) is 1. The highest BCUT2D eigenvalue weighted by molar-refractivity contribution is 5.85. The van der Waals surface area contributed by atoms with E-state index < -0.39 is 6.10 Å². The summed E-state index contributed by atoms with van der Waals surface area (Å²) in [4.78, 5) is 11.6. The molecule has 0 aliphatic rings. The van der Waals surface area contributed by atoms with Gasteiger partial charge in [0.25, 0.3) is 0 Å². The van der Waals surface area contributed by atoms with E-state index in [0.717, 1.165) is 5.56 Å². The minimum absolute atomic E-state index is 0. The van der Waals surface area contributed by atoms with Crippen molar-refractivity contribution in [2.45, 2.75) is 38.8 Å². The first-order chi connectivity index (χ1) is 8.95. The highest BCUT2D eigenvalue weighted by Gasteiger charge is 2.13. The summed E-state index contributed by atoms with van der Waals surface area (Å²) < 4.78 is 4.94. The Balaban J connectivity index is 0.00000361. The lowest BCUT2D eigenvalue weighted by Crippen LogP contribution is -2.38. The molecule has 20 heavy (non-hydrogen) atoms. The molecule has 0 aliphatic heterocycles. The average Bonchev–Trinajstić information content (AvgIpc) is 2.43. The molecule has 2 atom stereocenters. The predicted molar refractivity (Wildman–Crippen MR) is 84.2 cm³/mol. The zero-order valence-electron chi connectivity index (χ0n) is 12.6. The fraction of sp³-hybridized carbons (Fsp3) is 0.533. The van der Waals surface area contributed by atoms with Crippen LogP contribution < -0.4 is 11.1 Å². The Morgan fingerprint density at radius 3 is 2.15 bits per heavy atom. The molecule has 0 radical (unpaired) electrons. The topological polar surface area (TPSA) is 64.3 Å². The SMILES string of the molecule is COC(C)C(=O)NCC(N)c1ccc(C(C)C)cc1.Cl. The van der Waals surface area contributed by atoms with E-state index in [9.17, 15) is 4.79 Å². The molecular weight excluding hydrogens is 276 g/mol. The van der Waals surface area contributed by atoms with Crippen molar-refractivity contribution in [2.75, 3.05) is 13.7 Å². The van der Waals surface area contributed by atoms with Crippen LogP contribution in [0.1, 0.15) is 43.9 Å². The molecule has 0 saturated heterocycles. The van der Waals surface area contributed by atoms with E-state index in [1.54, 1.807) is 6.92 Å². The van der Waals surface area contributed by atoms with Crippen molar-refractivity contribution in [1.82, 2.24) is 5.32 Å². The van der Waals surface area contributed by atoms with E-state index in [4.69, 9.17) is 10.5 Å². The second-order valence-corrected chi connectivity index (χ2v) is 5.05. The Labute approximate surface area is 127 Å². The van der Waals surface area contributed by atoms with Gasteiger partial charge in [0.05, 0.1) is 0 Å². The Hall–Kier alpha value is -1.10. The number of halogens is 1. The third kappa shape index (κ3) is 5.49. The normalized spacial score (nSPS) is 13.5. The molecule has 1 aromatic carbocycles. The summed E-state index contributed by atoms with van der Waals surface area (Å²) in [6.45, 7) is 6.43. The average molecular weight is 301 g/mol. The lowest BCUT2D eigenvalue weighted by molar-refractivity contribution is -0.130. The van der Waals surface area contributed by atoms with Gasteiger partial charge < -0.3 is 15.8 Å². The van der Waals surface area contributed by atoms with Crippen LogP contribution in [-0.4, -0.2) is 25.7 Å². The number of hydrogen-bond acceptors (Lipinski definition) is 3. The minimum Gasteiger partial charge on any atom is -0.372 e. The summed E-state index contributed by atoms with van der Waals surface area (Å²) in [7, 11) is 1.51. The van der Waals surface area contributed by atoms with Gasteiger partial charge in [-0.25, -0.2) is 0 Å². The highest BCUT2D eigenvalue weighted by Crippen LogP contribution is 2.17. The number of rotatable bonds is 6. The quantitative estimate of drug-likeness (QED) is 0.848. The third-order valence-corrected chi connectivity index (χ3v) is 3.25. The Morgan fingerprint density at radius 2 is 1.70 bits per heavy atom. The fourth-order valence-corrected chi connectivity index (χ4v) is 1.71. The zero-order chi connectivity index (χ0) is 14.4. The molecule has 114 valence electrons. The maximum atomic E-state index is 11.6. The molecule has 2 unspecified atom stereocenters. The van der Waals surface area contributed by atoms with Crippen LogP contribution in [0.15, 0.2) is 24.3 Å². The lowest BCUT2D eigenvalue weighted by Gasteiger charge is -2.16. The van der Waals surface area contributed by atoms with E-state index in [-0.39, 0.29) is 24.4 Å². The van der Waals surface area contributed by atoms with Gasteiger partial charge in [-0.15, -0.1) is 12.4 Å². The molecule has 3 N–H and O–H groups in total. The molecular formula is C15H25ClN2O2. The monoisotopic (exact) mass is 300 g/mol. The van der Waals surface area contributed by atoms with Gasteiger partial charge in [0.15, 0.2) is 0 Å². The standard InChI is InChI=1S/C15H24N2O2.ClH/c1-10(2)12-5-7-13(8-6-12)14(16)9-17-15(18)11(3)19-4;/h5-8,10-11,14H,9,16H2,1-4H3,(H,17,18);1H. The number of carbonyl (C=O) groups is 1. The summed E-state index contributed by atoms with van der Waals surface area (Å²) >= 11 is 0. The summed E-state index contributed by atoms with van der Waals surface area (Å²) in [5.74, 6) is 0.365. The number of benzene rings is 1.